The van der Waals surface area contributed by atoms with Crippen LogP contribution in [0.5, 0.6) is 0 Å². The van der Waals surface area contributed by atoms with Gasteiger partial charge in [0.2, 0.25) is 5.88 Å². The van der Waals surface area contributed by atoms with Gasteiger partial charge in [-0.15, -0.1) is 0 Å². The van der Waals surface area contributed by atoms with Crippen molar-refractivity contribution in [1.82, 2.24) is 5.16 Å². The van der Waals surface area contributed by atoms with E-state index in [4.69, 9.17) is 10.3 Å². The van der Waals surface area contributed by atoms with Crippen LogP contribution in [0.3, 0.4) is 0 Å². The summed E-state index contributed by atoms with van der Waals surface area (Å²) in [5, 5.41) is 3.95. The summed E-state index contributed by atoms with van der Waals surface area (Å²) in [6.07, 6.45) is 0. The molecule has 1 heterocycles. The molecule has 0 unspecified atom stereocenters. The predicted molar refractivity (Wildman–Crippen MR) is 81.2 cm³/mol. The summed E-state index contributed by atoms with van der Waals surface area (Å²) < 4.78 is 19.2. The molecule has 2 aromatic carbocycles. The number of hydrogen-bond acceptors (Lipinski definition) is 3. The summed E-state index contributed by atoms with van der Waals surface area (Å²) in [5.41, 5.74) is 10.3. The highest BCUT2D eigenvalue weighted by molar-refractivity contribution is 5.87. The molecule has 3 rings (SSSR count). The molecule has 0 aliphatic carbocycles. The highest BCUT2D eigenvalue weighted by Gasteiger charge is 2.20. The van der Waals surface area contributed by atoms with Crippen molar-refractivity contribution in [3.8, 4) is 22.4 Å². The zero-order chi connectivity index (χ0) is 15.0. The first-order valence-corrected chi connectivity index (χ1v) is 6.65. The van der Waals surface area contributed by atoms with Crippen LogP contribution in [-0.2, 0) is 0 Å². The fraction of sp³-hybridized carbons (Fsp3) is 0.118. The van der Waals surface area contributed by atoms with Crippen molar-refractivity contribution in [2.24, 2.45) is 0 Å². The van der Waals surface area contributed by atoms with E-state index in [0.29, 0.717) is 16.8 Å². The van der Waals surface area contributed by atoms with Crippen molar-refractivity contribution in [3.05, 3.63) is 59.4 Å². The Morgan fingerprint density at radius 3 is 2.38 bits per heavy atom. The van der Waals surface area contributed by atoms with E-state index in [-0.39, 0.29) is 11.7 Å². The molecule has 4 heteroatoms. The summed E-state index contributed by atoms with van der Waals surface area (Å²) in [6, 6.07) is 12.7. The Hall–Kier alpha value is -2.62. The average Bonchev–Trinajstić information content (AvgIpc) is 2.84. The summed E-state index contributed by atoms with van der Waals surface area (Å²) in [7, 11) is 0. The molecule has 3 aromatic rings. The summed E-state index contributed by atoms with van der Waals surface area (Å²) in [6.45, 7) is 3.90. The molecule has 21 heavy (non-hydrogen) atoms. The minimum Gasteiger partial charge on any atom is -0.367 e. The quantitative estimate of drug-likeness (QED) is 0.760. The average molecular weight is 282 g/mol. The summed E-state index contributed by atoms with van der Waals surface area (Å²) >= 11 is 0. The lowest BCUT2D eigenvalue weighted by molar-refractivity contribution is 0.439. The van der Waals surface area contributed by atoms with Crippen LogP contribution in [0.2, 0.25) is 0 Å². The van der Waals surface area contributed by atoms with Crippen molar-refractivity contribution < 1.29 is 8.91 Å². The highest BCUT2D eigenvalue weighted by Crippen LogP contribution is 2.37. The Morgan fingerprint density at radius 2 is 1.67 bits per heavy atom. The van der Waals surface area contributed by atoms with Gasteiger partial charge in [-0.2, -0.15) is 0 Å². The summed E-state index contributed by atoms with van der Waals surface area (Å²) in [5.74, 6) is -0.156. The van der Waals surface area contributed by atoms with Gasteiger partial charge in [-0.25, -0.2) is 4.39 Å². The van der Waals surface area contributed by atoms with Crippen LogP contribution in [0.15, 0.2) is 47.0 Å². The standard InChI is InChI=1S/C17H15FN2O/c1-10-3-6-12(7-4-10)15-16(20-21-17(15)19)13-9-11(2)5-8-14(13)18/h3-9H,19H2,1-2H3. The number of halogens is 1. The molecule has 0 bridgehead atoms. The fourth-order valence-electron chi connectivity index (χ4n) is 2.31. The van der Waals surface area contributed by atoms with Crippen LogP contribution in [0, 0.1) is 19.7 Å². The third kappa shape index (κ3) is 2.40. The van der Waals surface area contributed by atoms with Gasteiger partial charge in [-0.3, -0.25) is 0 Å². The Morgan fingerprint density at radius 1 is 1.00 bits per heavy atom. The van der Waals surface area contributed by atoms with Crippen LogP contribution >= 0.6 is 0 Å². The molecule has 0 radical (unpaired) electrons. The number of nitrogens with two attached hydrogens (primary N) is 1. The van der Waals surface area contributed by atoms with Crippen LogP contribution in [-0.4, -0.2) is 5.16 Å². The van der Waals surface area contributed by atoms with Gasteiger partial charge in [-0.05, 0) is 31.5 Å². The number of nitrogens with zero attached hydrogens (tertiary/aromatic N) is 1. The zero-order valence-electron chi connectivity index (χ0n) is 11.9. The molecule has 2 N–H and O–H groups in total. The van der Waals surface area contributed by atoms with Gasteiger partial charge in [0.05, 0.1) is 5.56 Å². The lowest BCUT2D eigenvalue weighted by Crippen LogP contribution is -1.91. The minimum absolute atomic E-state index is 0.190. The van der Waals surface area contributed by atoms with Gasteiger partial charge in [0, 0.05) is 5.56 Å². The number of aromatic nitrogens is 1. The molecule has 0 spiro atoms. The van der Waals surface area contributed by atoms with E-state index in [2.05, 4.69) is 5.16 Å². The van der Waals surface area contributed by atoms with Crippen LogP contribution < -0.4 is 5.73 Å². The Balaban J connectivity index is 2.21. The molecule has 0 saturated carbocycles. The first-order valence-electron chi connectivity index (χ1n) is 6.65. The van der Waals surface area contributed by atoms with Gasteiger partial charge in [0.25, 0.3) is 0 Å². The lowest BCUT2D eigenvalue weighted by atomic mass is 9.99. The molecule has 0 aliphatic heterocycles. The van der Waals surface area contributed by atoms with Gasteiger partial charge >= 0.3 is 0 Å². The number of anilines is 1. The van der Waals surface area contributed by atoms with Gasteiger partial charge in [-0.1, -0.05) is 46.6 Å². The maximum absolute atomic E-state index is 14.1. The lowest BCUT2D eigenvalue weighted by Gasteiger charge is -2.05. The molecule has 0 aliphatic rings. The molecular weight excluding hydrogens is 267 g/mol. The van der Waals surface area contributed by atoms with Crippen LogP contribution in [0.4, 0.5) is 10.3 Å². The molecule has 0 amide bonds. The van der Waals surface area contributed by atoms with E-state index < -0.39 is 0 Å². The smallest absolute Gasteiger partial charge is 0.230 e. The van der Waals surface area contributed by atoms with E-state index >= 15 is 0 Å². The second-order valence-electron chi connectivity index (χ2n) is 5.12. The molecule has 0 atom stereocenters. The predicted octanol–water partition coefficient (Wildman–Crippen LogP) is 4.35. The fourth-order valence-corrected chi connectivity index (χ4v) is 2.31. The zero-order valence-corrected chi connectivity index (χ0v) is 11.9. The normalized spacial score (nSPS) is 10.8. The van der Waals surface area contributed by atoms with Crippen molar-refractivity contribution in [2.75, 3.05) is 5.73 Å². The Kier molecular flexibility index (Phi) is 3.22. The highest BCUT2D eigenvalue weighted by atomic mass is 19.1. The van der Waals surface area contributed by atoms with Gasteiger partial charge in [0.1, 0.15) is 11.5 Å². The van der Waals surface area contributed by atoms with Crippen molar-refractivity contribution in [1.29, 1.82) is 0 Å². The SMILES string of the molecule is Cc1ccc(-c2c(-c3cc(C)ccc3F)noc2N)cc1. The Bertz CT molecular complexity index is 791. The van der Waals surface area contributed by atoms with Crippen LogP contribution in [0.1, 0.15) is 11.1 Å². The van der Waals surface area contributed by atoms with E-state index in [1.807, 2.05) is 38.1 Å². The van der Waals surface area contributed by atoms with E-state index in [1.165, 1.54) is 6.07 Å². The molecule has 106 valence electrons. The number of nitrogen functional groups attached to an aromatic ring is 1. The third-order valence-corrected chi connectivity index (χ3v) is 3.44. The molecule has 1 aromatic heterocycles. The van der Waals surface area contributed by atoms with Crippen molar-refractivity contribution in [3.63, 3.8) is 0 Å². The largest absolute Gasteiger partial charge is 0.367 e. The number of benzene rings is 2. The topological polar surface area (TPSA) is 52.0 Å². The maximum Gasteiger partial charge on any atom is 0.230 e. The monoisotopic (exact) mass is 282 g/mol. The minimum atomic E-state index is -0.345. The molecule has 3 nitrogen and oxygen atoms in total. The van der Waals surface area contributed by atoms with Gasteiger partial charge < -0.3 is 10.3 Å². The van der Waals surface area contributed by atoms with E-state index in [9.17, 15) is 4.39 Å². The first-order chi connectivity index (χ1) is 10.1. The number of aryl methyl sites for hydroxylation is 2. The number of rotatable bonds is 2. The molecular formula is C17H15FN2O. The first kappa shape index (κ1) is 13.4. The van der Waals surface area contributed by atoms with Gasteiger partial charge in [0.15, 0.2) is 0 Å². The van der Waals surface area contributed by atoms with E-state index in [1.54, 1.807) is 12.1 Å². The number of hydrogen-bond donors (Lipinski definition) is 1. The van der Waals surface area contributed by atoms with E-state index in [0.717, 1.165) is 16.7 Å². The van der Waals surface area contributed by atoms with Crippen molar-refractivity contribution >= 4 is 5.88 Å². The maximum atomic E-state index is 14.1. The second kappa shape index (κ2) is 5.05. The van der Waals surface area contributed by atoms with Crippen molar-refractivity contribution in [2.45, 2.75) is 13.8 Å². The molecule has 0 saturated heterocycles. The second-order valence-corrected chi connectivity index (χ2v) is 5.12. The summed E-state index contributed by atoms with van der Waals surface area (Å²) in [4.78, 5) is 0. The van der Waals surface area contributed by atoms with Crippen LogP contribution in [0.25, 0.3) is 22.4 Å². The molecule has 0 fully saturated rings. The Labute approximate surface area is 122 Å². The third-order valence-electron chi connectivity index (χ3n) is 3.44.